The van der Waals surface area contributed by atoms with E-state index in [4.69, 9.17) is 9.72 Å². The van der Waals surface area contributed by atoms with Crippen molar-refractivity contribution in [3.8, 4) is 0 Å². The van der Waals surface area contributed by atoms with Gasteiger partial charge < -0.3 is 14.6 Å². The Morgan fingerprint density at radius 1 is 1.22 bits per heavy atom. The van der Waals surface area contributed by atoms with Crippen LogP contribution in [0.2, 0.25) is 0 Å². The number of amides is 1. The molecule has 7 nitrogen and oxygen atoms in total. The maximum atomic E-state index is 13.0. The quantitative estimate of drug-likeness (QED) is 0.755. The second kappa shape index (κ2) is 6.64. The molecule has 5 rings (SSSR count). The molecule has 0 aliphatic carbocycles. The predicted octanol–water partition coefficient (Wildman–Crippen LogP) is 2.59. The van der Waals surface area contributed by atoms with Crippen LogP contribution >= 0.6 is 0 Å². The van der Waals surface area contributed by atoms with Crippen molar-refractivity contribution in [1.29, 1.82) is 0 Å². The number of piperidine rings is 1. The summed E-state index contributed by atoms with van der Waals surface area (Å²) in [5.74, 6) is 2.16. The van der Waals surface area contributed by atoms with E-state index >= 15 is 0 Å². The minimum absolute atomic E-state index is 0.116. The highest BCUT2D eigenvalue weighted by molar-refractivity contribution is 5.79. The Kier molecular flexibility index (Phi) is 4.11. The first-order valence-corrected chi connectivity index (χ1v) is 9.88. The summed E-state index contributed by atoms with van der Waals surface area (Å²) < 4.78 is 7.62. The van der Waals surface area contributed by atoms with Crippen LogP contribution in [0.4, 0.5) is 0 Å². The molecule has 2 atom stereocenters. The molecule has 7 heteroatoms. The molecular formula is C20H25N5O2. The second-order valence-electron chi connectivity index (χ2n) is 7.89. The summed E-state index contributed by atoms with van der Waals surface area (Å²) in [6.45, 7) is 5.27. The Morgan fingerprint density at radius 2 is 2.04 bits per heavy atom. The first-order chi connectivity index (χ1) is 13.2. The average molecular weight is 367 g/mol. The van der Waals surface area contributed by atoms with Crippen LogP contribution in [-0.4, -0.2) is 56.5 Å². The molecule has 0 radical (unpaired) electrons. The molecule has 2 aliphatic heterocycles. The Balaban J connectivity index is 1.47. The van der Waals surface area contributed by atoms with E-state index in [1.165, 1.54) is 0 Å². The molecule has 0 saturated carbocycles. The number of carbonyl (C=O) groups is 1. The third kappa shape index (κ3) is 2.81. The van der Waals surface area contributed by atoms with Gasteiger partial charge in [-0.15, -0.1) is 0 Å². The SMILES string of the molecule is CC1CCN(C(=O)C2CCOCC2)CC1c1ncc2cnc3[nH]ccc3n12. The van der Waals surface area contributed by atoms with Crippen LogP contribution in [0.3, 0.4) is 0 Å². The lowest BCUT2D eigenvalue weighted by atomic mass is 9.85. The first-order valence-electron chi connectivity index (χ1n) is 9.88. The van der Waals surface area contributed by atoms with E-state index in [9.17, 15) is 4.79 Å². The smallest absolute Gasteiger partial charge is 0.225 e. The lowest BCUT2D eigenvalue weighted by Crippen LogP contribution is -2.46. The van der Waals surface area contributed by atoms with Crippen LogP contribution in [0.25, 0.3) is 16.7 Å². The van der Waals surface area contributed by atoms with Gasteiger partial charge in [-0.05, 0) is 31.2 Å². The predicted molar refractivity (Wildman–Crippen MR) is 101 cm³/mol. The number of carbonyl (C=O) groups excluding carboxylic acids is 1. The fourth-order valence-corrected chi connectivity index (χ4v) is 4.57. The molecular weight excluding hydrogens is 342 g/mol. The molecule has 142 valence electrons. The van der Waals surface area contributed by atoms with Crippen molar-refractivity contribution in [1.82, 2.24) is 24.3 Å². The fourth-order valence-electron chi connectivity index (χ4n) is 4.57. The van der Waals surface area contributed by atoms with Crippen molar-refractivity contribution < 1.29 is 9.53 Å². The lowest BCUT2D eigenvalue weighted by molar-refractivity contribution is -0.140. The number of nitrogens with zero attached hydrogens (tertiary/aromatic N) is 4. The van der Waals surface area contributed by atoms with Gasteiger partial charge in [-0.2, -0.15) is 0 Å². The van der Waals surface area contributed by atoms with Crippen LogP contribution in [0.5, 0.6) is 0 Å². The van der Waals surface area contributed by atoms with Crippen molar-refractivity contribution >= 4 is 22.6 Å². The number of H-pyrrole nitrogens is 1. The lowest BCUT2D eigenvalue weighted by Gasteiger charge is -2.38. The summed E-state index contributed by atoms with van der Waals surface area (Å²) in [4.78, 5) is 27.5. The number of fused-ring (bicyclic) bond motifs is 3. The summed E-state index contributed by atoms with van der Waals surface area (Å²) in [7, 11) is 0. The monoisotopic (exact) mass is 367 g/mol. The zero-order chi connectivity index (χ0) is 18.4. The van der Waals surface area contributed by atoms with Gasteiger partial charge in [0, 0.05) is 44.3 Å². The zero-order valence-electron chi connectivity index (χ0n) is 15.6. The van der Waals surface area contributed by atoms with E-state index in [1.54, 1.807) is 0 Å². The van der Waals surface area contributed by atoms with Gasteiger partial charge in [-0.25, -0.2) is 9.97 Å². The Bertz CT molecular complexity index is 971. The number of hydrogen-bond donors (Lipinski definition) is 1. The minimum Gasteiger partial charge on any atom is -0.381 e. The fraction of sp³-hybridized carbons (Fsp3) is 0.550. The maximum absolute atomic E-state index is 13.0. The average Bonchev–Trinajstić information content (AvgIpc) is 3.35. The summed E-state index contributed by atoms with van der Waals surface area (Å²) >= 11 is 0. The van der Waals surface area contributed by atoms with Crippen LogP contribution in [0.15, 0.2) is 24.7 Å². The largest absolute Gasteiger partial charge is 0.381 e. The molecule has 2 saturated heterocycles. The summed E-state index contributed by atoms with van der Waals surface area (Å²) in [5.41, 5.74) is 2.90. The first kappa shape index (κ1) is 16.7. The molecule has 0 bridgehead atoms. The van der Waals surface area contributed by atoms with Gasteiger partial charge in [-0.3, -0.25) is 9.20 Å². The Hall–Kier alpha value is -2.41. The molecule has 0 aromatic carbocycles. The maximum Gasteiger partial charge on any atom is 0.225 e. The van der Waals surface area contributed by atoms with Gasteiger partial charge >= 0.3 is 0 Å². The number of aromatic amines is 1. The van der Waals surface area contributed by atoms with Gasteiger partial charge in [0.1, 0.15) is 5.82 Å². The number of aromatic nitrogens is 4. The molecule has 5 heterocycles. The van der Waals surface area contributed by atoms with Crippen molar-refractivity contribution in [3.63, 3.8) is 0 Å². The third-order valence-electron chi connectivity index (χ3n) is 6.26. The molecule has 2 unspecified atom stereocenters. The van der Waals surface area contributed by atoms with Crippen molar-refractivity contribution in [2.45, 2.75) is 32.1 Å². The number of ether oxygens (including phenoxy) is 1. The molecule has 27 heavy (non-hydrogen) atoms. The van der Waals surface area contributed by atoms with E-state index in [-0.39, 0.29) is 11.8 Å². The number of rotatable bonds is 2. The van der Waals surface area contributed by atoms with Crippen LogP contribution in [0.1, 0.15) is 37.9 Å². The van der Waals surface area contributed by atoms with Crippen molar-refractivity contribution in [3.05, 3.63) is 30.5 Å². The van der Waals surface area contributed by atoms with E-state index in [1.807, 2.05) is 24.7 Å². The Labute approximate surface area is 157 Å². The summed E-state index contributed by atoms with van der Waals surface area (Å²) in [6, 6.07) is 2.04. The van der Waals surface area contributed by atoms with Gasteiger partial charge in [0.05, 0.1) is 23.4 Å². The summed E-state index contributed by atoms with van der Waals surface area (Å²) in [5, 5.41) is 0. The molecule has 2 aliphatic rings. The zero-order valence-corrected chi connectivity index (χ0v) is 15.6. The molecule has 0 spiro atoms. The number of nitrogens with one attached hydrogen (secondary N) is 1. The molecule has 3 aromatic rings. The Morgan fingerprint density at radius 3 is 2.89 bits per heavy atom. The molecule has 1 N–H and O–H groups in total. The number of likely N-dealkylation sites (tertiary alicyclic amines) is 1. The van der Waals surface area contributed by atoms with Gasteiger partial charge in [0.2, 0.25) is 5.91 Å². The highest BCUT2D eigenvalue weighted by Gasteiger charge is 2.35. The molecule has 3 aromatic heterocycles. The van der Waals surface area contributed by atoms with Crippen molar-refractivity contribution in [2.75, 3.05) is 26.3 Å². The van der Waals surface area contributed by atoms with E-state index < -0.39 is 0 Å². The van der Waals surface area contributed by atoms with Crippen LogP contribution in [0, 0.1) is 11.8 Å². The van der Waals surface area contributed by atoms with E-state index in [0.29, 0.717) is 25.0 Å². The summed E-state index contributed by atoms with van der Waals surface area (Å²) in [6.07, 6.45) is 8.35. The van der Waals surface area contributed by atoms with Gasteiger partial charge in [-0.1, -0.05) is 6.92 Å². The van der Waals surface area contributed by atoms with E-state index in [0.717, 1.165) is 54.9 Å². The molecule has 1 amide bonds. The highest BCUT2D eigenvalue weighted by atomic mass is 16.5. The van der Waals surface area contributed by atoms with Gasteiger partial charge in [0.15, 0.2) is 5.65 Å². The molecule has 2 fully saturated rings. The second-order valence-corrected chi connectivity index (χ2v) is 7.89. The number of imidazole rings is 1. The van der Waals surface area contributed by atoms with Crippen molar-refractivity contribution in [2.24, 2.45) is 11.8 Å². The van der Waals surface area contributed by atoms with Crippen LogP contribution < -0.4 is 0 Å². The highest BCUT2D eigenvalue weighted by Crippen LogP contribution is 2.34. The van der Waals surface area contributed by atoms with Crippen LogP contribution in [-0.2, 0) is 9.53 Å². The third-order valence-corrected chi connectivity index (χ3v) is 6.26. The van der Waals surface area contributed by atoms with Gasteiger partial charge in [0.25, 0.3) is 0 Å². The number of hydrogen-bond acceptors (Lipinski definition) is 4. The topological polar surface area (TPSA) is 75.5 Å². The minimum atomic E-state index is 0.116. The normalized spacial score (nSPS) is 24.7. The standard InChI is InChI=1S/C20H25N5O2/c1-13-3-7-24(20(26)14-4-8-27-9-5-14)12-16(13)19-23-11-15-10-22-18-17(25(15)19)2-6-21-18/h2,6,10-11,13-14,16,21H,3-5,7-9,12H2,1H3. The van der Waals surface area contributed by atoms with E-state index in [2.05, 4.69) is 26.2 Å².